The second-order valence-electron chi connectivity index (χ2n) is 3.38. The molecular weight excluding hydrogens is 270 g/mol. The number of ether oxygens (including phenoxy) is 2. The van der Waals surface area contributed by atoms with Gasteiger partial charge in [-0.3, -0.25) is 0 Å². The van der Waals surface area contributed by atoms with Crippen molar-refractivity contribution in [1.29, 1.82) is 0 Å². The lowest BCUT2D eigenvalue weighted by Gasteiger charge is -2.10. The van der Waals surface area contributed by atoms with Crippen molar-refractivity contribution in [2.45, 2.75) is 13.3 Å². The molecule has 1 rings (SSSR count). The first-order chi connectivity index (χ1) is 7.77. The van der Waals surface area contributed by atoms with Gasteiger partial charge in [0.15, 0.2) is 0 Å². The van der Waals surface area contributed by atoms with Crippen molar-refractivity contribution >= 4 is 21.6 Å². The van der Waals surface area contributed by atoms with Crippen LogP contribution in [0.3, 0.4) is 0 Å². The Bertz CT molecular complexity index is 318. The molecule has 1 N–H and O–H groups in total. The average Bonchev–Trinajstić information content (AvgIpc) is 2.31. The fraction of sp³-hybridized carbons (Fsp3) is 0.500. The molecule has 90 valence electrons. The minimum absolute atomic E-state index is 0.720. The van der Waals surface area contributed by atoms with E-state index >= 15 is 0 Å². The molecule has 1 aromatic rings. The van der Waals surface area contributed by atoms with E-state index in [2.05, 4.69) is 28.2 Å². The molecule has 0 aliphatic rings. The summed E-state index contributed by atoms with van der Waals surface area (Å²) in [6, 6.07) is 5.85. The van der Waals surface area contributed by atoms with Crippen molar-refractivity contribution in [2.75, 3.05) is 32.2 Å². The highest BCUT2D eigenvalue weighted by Crippen LogP contribution is 2.26. The Morgan fingerprint density at radius 3 is 2.81 bits per heavy atom. The largest absolute Gasteiger partial charge is 0.497 e. The van der Waals surface area contributed by atoms with Crippen LogP contribution in [0.2, 0.25) is 0 Å². The molecule has 0 atom stereocenters. The van der Waals surface area contributed by atoms with Gasteiger partial charge in [0.2, 0.25) is 0 Å². The third-order valence-corrected chi connectivity index (χ3v) is 2.78. The second-order valence-corrected chi connectivity index (χ2v) is 4.24. The molecule has 0 heterocycles. The maximum atomic E-state index is 5.39. The molecule has 4 heteroatoms. The molecule has 3 nitrogen and oxygen atoms in total. The van der Waals surface area contributed by atoms with Crippen molar-refractivity contribution in [2.24, 2.45) is 0 Å². The van der Waals surface area contributed by atoms with E-state index in [-0.39, 0.29) is 0 Å². The number of nitrogens with one attached hydrogen (secondary N) is 1. The number of hydrogen-bond acceptors (Lipinski definition) is 3. The molecule has 0 bridgehead atoms. The summed E-state index contributed by atoms with van der Waals surface area (Å²) in [6.07, 6.45) is 1.06. The fourth-order valence-electron chi connectivity index (χ4n) is 1.27. The molecule has 0 unspecified atom stereocenters. The van der Waals surface area contributed by atoms with E-state index in [1.165, 1.54) is 0 Å². The average molecular weight is 288 g/mol. The predicted octanol–water partition coefficient (Wildman–Crippen LogP) is 3.30. The maximum absolute atomic E-state index is 5.39. The quantitative estimate of drug-likeness (QED) is 0.781. The van der Waals surface area contributed by atoms with Crippen LogP contribution in [0.4, 0.5) is 5.69 Å². The number of rotatable bonds is 7. The molecule has 0 spiro atoms. The van der Waals surface area contributed by atoms with Gasteiger partial charge in [0.25, 0.3) is 0 Å². The summed E-state index contributed by atoms with van der Waals surface area (Å²) in [5.41, 5.74) is 1.03. The molecule has 0 saturated heterocycles. The van der Waals surface area contributed by atoms with Gasteiger partial charge >= 0.3 is 0 Å². The summed E-state index contributed by atoms with van der Waals surface area (Å²) in [5.74, 6) is 0.847. The lowest BCUT2D eigenvalue weighted by molar-refractivity contribution is 0.144. The highest BCUT2D eigenvalue weighted by atomic mass is 79.9. The normalized spacial score (nSPS) is 10.2. The first kappa shape index (κ1) is 13.3. The molecule has 0 fully saturated rings. The second kappa shape index (κ2) is 7.52. The van der Waals surface area contributed by atoms with E-state index in [9.17, 15) is 0 Å². The van der Waals surface area contributed by atoms with Crippen LogP contribution < -0.4 is 10.1 Å². The number of halogens is 1. The Balaban J connectivity index is 2.40. The summed E-state index contributed by atoms with van der Waals surface area (Å²) in [7, 11) is 1.66. The molecule has 0 aromatic heterocycles. The summed E-state index contributed by atoms with van der Waals surface area (Å²) in [4.78, 5) is 0. The topological polar surface area (TPSA) is 30.5 Å². The van der Waals surface area contributed by atoms with Crippen LogP contribution in [-0.4, -0.2) is 26.9 Å². The van der Waals surface area contributed by atoms with Crippen LogP contribution in [0.1, 0.15) is 13.3 Å². The maximum Gasteiger partial charge on any atom is 0.121 e. The zero-order valence-corrected chi connectivity index (χ0v) is 11.3. The molecule has 0 saturated carbocycles. The number of anilines is 1. The van der Waals surface area contributed by atoms with E-state index < -0.39 is 0 Å². The number of methoxy groups -OCH3 is 1. The van der Waals surface area contributed by atoms with Gasteiger partial charge in [-0.1, -0.05) is 6.92 Å². The van der Waals surface area contributed by atoms with Gasteiger partial charge < -0.3 is 14.8 Å². The summed E-state index contributed by atoms with van der Waals surface area (Å²) < 4.78 is 11.6. The lowest BCUT2D eigenvalue weighted by atomic mass is 10.3. The highest BCUT2D eigenvalue weighted by Gasteiger charge is 2.00. The van der Waals surface area contributed by atoms with Crippen LogP contribution in [0.5, 0.6) is 5.75 Å². The van der Waals surface area contributed by atoms with E-state index in [4.69, 9.17) is 9.47 Å². The Morgan fingerprint density at radius 2 is 2.12 bits per heavy atom. The molecule has 0 aliphatic carbocycles. The van der Waals surface area contributed by atoms with Gasteiger partial charge in [-0.25, -0.2) is 0 Å². The Kier molecular flexibility index (Phi) is 6.26. The standard InChI is InChI=1S/C12H18BrNO2/c1-3-7-16-8-6-14-12-9-10(15-2)4-5-11(12)13/h4-5,9,14H,3,6-8H2,1-2H3. The van der Waals surface area contributed by atoms with Crippen LogP contribution >= 0.6 is 15.9 Å². The third-order valence-electron chi connectivity index (χ3n) is 2.08. The highest BCUT2D eigenvalue weighted by molar-refractivity contribution is 9.10. The van der Waals surface area contributed by atoms with Crippen LogP contribution in [-0.2, 0) is 4.74 Å². The van der Waals surface area contributed by atoms with E-state index in [0.29, 0.717) is 0 Å². The first-order valence-corrected chi connectivity index (χ1v) is 6.22. The lowest BCUT2D eigenvalue weighted by Crippen LogP contribution is -2.10. The van der Waals surface area contributed by atoms with Gasteiger partial charge in [0.05, 0.1) is 19.4 Å². The van der Waals surface area contributed by atoms with Crippen LogP contribution in [0.25, 0.3) is 0 Å². The van der Waals surface area contributed by atoms with Gasteiger partial charge in [0.1, 0.15) is 5.75 Å². The Hall–Kier alpha value is -0.740. The van der Waals surface area contributed by atoms with E-state index in [1.807, 2.05) is 18.2 Å². The van der Waals surface area contributed by atoms with Gasteiger partial charge in [-0.2, -0.15) is 0 Å². The summed E-state index contributed by atoms with van der Waals surface area (Å²) in [6.45, 7) is 4.44. The smallest absolute Gasteiger partial charge is 0.121 e. The number of hydrogen-bond donors (Lipinski definition) is 1. The molecule has 16 heavy (non-hydrogen) atoms. The van der Waals surface area contributed by atoms with Crippen molar-refractivity contribution in [3.05, 3.63) is 22.7 Å². The van der Waals surface area contributed by atoms with Gasteiger partial charge in [-0.15, -0.1) is 0 Å². The summed E-state index contributed by atoms with van der Waals surface area (Å²) >= 11 is 3.48. The molecular formula is C12H18BrNO2. The molecule has 1 aromatic carbocycles. The minimum atomic E-state index is 0.720. The van der Waals surface area contributed by atoms with Crippen molar-refractivity contribution in [3.8, 4) is 5.75 Å². The van der Waals surface area contributed by atoms with E-state index in [0.717, 1.165) is 42.1 Å². The molecule has 0 radical (unpaired) electrons. The molecule has 0 amide bonds. The van der Waals surface area contributed by atoms with Crippen molar-refractivity contribution < 1.29 is 9.47 Å². The minimum Gasteiger partial charge on any atom is -0.497 e. The zero-order valence-electron chi connectivity index (χ0n) is 9.75. The molecule has 0 aliphatic heterocycles. The predicted molar refractivity (Wildman–Crippen MR) is 70.3 cm³/mol. The Labute approximate surface area is 105 Å². The van der Waals surface area contributed by atoms with E-state index in [1.54, 1.807) is 7.11 Å². The van der Waals surface area contributed by atoms with Crippen molar-refractivity contribution in [3.63, 3.8) is 0 Å². The fourth-order valence-corrected chi connectivity index (χ4v) is 1.66. The first-order valence-electron chi connectivity index (χ1n) is 5.43. The monoisotopic (exact) mass is 287 g/mol. The third kappa shape index (κ3) is 4.41. The zero-order chi connectivity index (χ0) is 11.8. The number of benzene rings is 1. The summed E-state index contributed by atoms with van der Waals surface area (Å²) in [5, 5.41) is 3.29. The van der Waals surface area contributed by atoms with Gasteiger partial charge in [-0.05, 0) is 34.5 Å². The SMILES string of the molecule is CCCOCCNc1cc(OC)ccc1Br. The Morgan fingerprint density at radius 1 is 1.31 bits per heavy atom. The van der Waals surface area contributed by atoms with Crippen LogP contribution in [0.15, 0.2) is 22.7 Å². The van der Waals surface area contributed by atoms with Crippen molar-refractivity contribution in [1.82, 2.24) is 0 Å². The van der Waals surface area contributed by atoms with Crippen LogP contribution in [0, 0.1) is 0 Å². The van der Waals surface area contributed by atoms with Gasteiger partial charge in [0, 0.05) is 23.7 Å².